The van der Waals surface area contributed by atoms with Crippen LogP contribution in [0.25, 0.3) is 0 Å². The molecule has 244 valence electrons. The summed E-state index contributed by atoms with van der Waals surface area (Å²) in [7, 11) is -1.16. The number of carbonyl (C=O) groups excluding carboxylic acids is 1. The lowest BCUT2D eigenvalue weighted by Crippen LogP contribution is -2.32. The maximum Gasteiger partial charge on any atom is 0.387 e. The molecule has 1 aliphatic carbocycles. The van der Waals surface area contributed by atoms with Crippen LogP contribution in [0, 0.1) is 11.1 Å². The normalized spacial score (nSPS) is 13.8. The van der Waals surface area contributed by atoms with E-state index in [1.165, 1.54) is 44.6 Å². The van der Waals surface area contributed by atoms with Crippen molar-refractivity contribution in [1.29, 1.82) is 0 Å². The first-order valence-electron chi connectivity index (χ1n) is 13.5. The number of carbonyl (C=O) groups is 1. The molecule has 1 fully saturated rings. The van der Waals surface area contributed by atoms with Crippen LogP contribution in [0.5, 0.6) is 23.0 Å². The molecule has 0 spiro atoms. The Morgan fingerprint density at radius 3 is 2.31 bits per heavy atom. The molecule has 1 aromatic heterocycles. The summed E-state index contributed by atoms with van der Waals surface area (Å²) in [4.78, 5) is 13.0. The van der Waals surface area contributed by atoms with Crippen LogP contribution in [0.4, 0.5) is 8.78 Å². The Bertz CT molecular complexity index is 1600. The Kier molecular flexibility index (Phi) is 11.5. The first-order chi connectivity index (χ1) is 21.4. The number of alkyl halides is 2. The Morgan fingerprint density at radius 1 is 1.02 bits per heavy atom. The van der Waals surface area contributed by atoms with E-state index < -0.39 is 41.0 Å². The molecule has 0 saturated heterocycles. The number of sulfonamides is 1. The fourth-order valence-corrected chi connectivity index (χ4v) is 5.93. The average molecular weight is 692 g/mol. The fraction of sp³-hybridized carbons (Fsp3) is 0.379. The third kappa shape index (κ3) is 9.95. The molecule has 11 nitrogen and oxygen atoms in total. The molecule has 45 heavy (non-hydrogen) atoms. The molecule has 0 aliphatic heterocycles. The third-order valence-corrected chi connectivity index (χ3v) is 8.64. The van der Waals surface area contributed by atoms with Crippen LogP contribution in [0.15, 0.2) is 48.8 Å². The second kappa shape index (κ2) is 15.1. The first-order valence-corrected chi connectivity index (χ1v) is 15.9. The lowest BCUT2D eigenvalue weighted by atomic mass is 10.0. The van der Waals surface area contributed by atoms with Crippen molar-refractivity contribution in [2.24, 2.45) is 5.92 Å². The van der Waals surface area contributed by atoms with Crippen molar-refractivity contribution in [2.45, 2.75) is 37.7 Å². The minimum Gasteiger partial charge on any atom is -0.619 e. The Morgan fingerprint density at radius 2 is 1.69 bits per heavy atom. The third-order valence-electron chi connectivity index (χ3n) is 6.69. The van der Waals surface area contributed by atoms with Gasteiger partial charge in [0.1, 0.15) is 22.7 Å². The molecule has 1 atom stereocenters. The molecule has 1 aliphatic rings. The van der Waals surface area contributed by atoms with Crippen molar-refractivity contribution < 1.29 is 50.4 Å². The van der Waals surface area contributed by atoms with Gasteiger partial charge in [-0.1, -0.05) is 35.3 Å². The Labute approximate surface area is 268 Å². The zero-order valence-electron chi connectivity index (χ0n) is 24.1. The fourth-order valence-electron chi connectivity index (χ4n) is 4.27. The molecule has 2 aromatic carbocycles. The number of hydrogen-bond donors (Lipinski definition) is 1. The van der Waals surface area contributed by atoms with E-state index in [0.29, 0.717) is 21.8 Å². The summed E-state index contributed by atoms with van der Waals surface area (Å²) in [5.41, 5.74) is 0.917. The zero-order valence-corrected chi connectivity index (χ0v) is 26.5. The van der Waals surface area contributed by atoms with Crippen LogP contribution in [-0.2, 0) is 31.7 Å². The van der Waals surface area contributed by atoms with Gasteiger partial charge >= 0.3 is 12.6 Å². The van der Waals surface area contributed by atoms with Crippen molar-refractivity contribution in [3.05, 3.63) is 80.7 Å². The second-order valence-electron chi connectivity index (χ2n) is 10.1. The number of nitrogens with one attached hydrogen (secondary N) is 1. The van der Waals surface area contributed by atoms with Gasteiger partial charge in [0.15, 0.2) is 35.4 Å². The minimum absolute atomic E-state index is 0.000901. The summed E-state index contributed by atoms with van der Waals surface area (Å²) < 4.78 is 80.7. The molecule has 1 N–H and O–H groups in total. The Balaban J connectivity index is 1.54. The number of hydrogen-bond acceptors (Lipinski definition) is 9. The predicted octanol–water partition coefficient (Wildman–Crippen LogP) is 4.98. The van der Waals surface area contributed by atoms with Crippen LogP contribution < -0.4 is 28.4 Å². The van der Waals surface area contributed by atoms with Gasteiger partial charge in [-0.3, -0.25) is 4.79 Å². The molecular formula is C29H30Cl2F2N2O9S. The quantitative estimate of drug-likeness (QED) is 0.125. The maximum atomic E-state index is 13.1. The molecule has 0 radical (unpaired) electrons. The van der Waals surface area contributed by atoms with Gasteiger partial charge in [0.25, 0.3) is 0 Å². The van der Waals surface area contributed by atoms with Crippen LogP contribution >= 0.6 is 23.2 Å². The highest BCUT2D eigenvalue weighted by atomic mass is 35.5. The summed E-state index contributed by atoms with van der Waals surface area (Å²) in [6, 6.07) is 8.61. The van der Waals surface area contributed by atoms with Crippen molar-refractivity contribution in [1.82, 2.24) is 4.72 Å². The van der Waals surface area contributed by atoms with Crippen LogP contribution in [-0.4, -0.2) is 48.4 Å². The van der Waals surface area contributed by atoms with E-state index in [1.54, 1.807) is 6.07 Å². The van der Waals surface area contributed by atoms with Gasteiger partial charge in [-0.25, -0.2) is 13.1 Å². The molecule has 1 saturated carbocycles. The van der Waals surface area contributed by atoms with Gasteiger partial charge in [0.2, 0.25) is 10.0 Å². The zero-order chi connectivity index (χ0) is 32.7. The molecule has 16 heteroatoms. The van der Waals surface area contributed by atoms with Gasteiger partial charge in [-0.15, -0.1) is 0 Å². The number of halogens is 4. The molecule has 0 bridgehead atoms. The van der Waals surface area contributed by atoms with Crippen molar-refractivity contribution >= 4 is 39.2 Å². The topological polar surface area (TPSA) is 136 Å². The Hall–Kier alpha value is -3.59. The minimum atomic E-state index is -4.02. The smallest absolute Gasteiger partial charge is 0.387 e. The number of methoxy groups -OCH3 is 2. The maximum absolute atomic E-state index is 13.1. The van der Waals surface area contributed by atoms with Gasteiger partial charge in [-0.05, 0) is 54.2 Å². The number of aromatic nitrogens is 1. The highest BCUT2D eigenvalue weighted by Crippen LogP contribution is 2.38. The molecule has 0 amide bonds. The van der Waals surface area contributed by atoms with Gasteiger partial charge in [0.05, 0.1) is 26.6 Å². The van der Waals surface area contributed by atoms with Crippen LogP contribution in [0.2, 0.25) is 10.0 Å². The molecule has 1 heterocycles. The molecule has 4 rings (SSSR count). The van der Waals surface area contributed by atoms with Crippen LogP contribution in [0.3, 0.4) is 0 Å². The van der Waals surface area contributed by atoms with E-state index in [-0.39, 0.29) is 51.6 Å². The van der Waals surface area contributed by atoms with E-state index in [9.17, 15) is 27.2 Å². The highest BCUT2D eigenvalue weighted by molar-refractivity contribution is 7.88. The van der Waals surface area contributed by atoms with E-state index in [2.05, 4.69) is 9.46 Å². The molecule has 3 aromatic rings. The van der Waals surface area contributed by atoms with Gasteiger partial charge in [-0.2, -0.15) is 13.5 Å². The number of rotatable bonds is 16. The number of pyridine rings is 1. The average Bonchev–Trinajstić information content (AvgIpc) is 3.81. The lowest BCUT2D eigenvalue weighted by Gasteiger charge is -2.21. The number of benzene rings is 2. The number of esters is 1. The van der Waals surface area contributed by atoms with Crippen molar-refractivity contribution in [3.63, 3.8) is 0 Å². The highest BCUT2D eigenvalue weighted by Gasteiger charge is 2.27. The van der Waals surface area contributed by atoms with E-state index in [0.717, 1.165) is 25.2 Å². The summed E-state index contributed by atoms with van der Waals surface area (Å²) in [6.07, 6.45) is 2.70. The SMILES string of the molecule is COc1ccc(CS(=O)(=O)NCC(=O)O[C@@H](Cc2c(Cl)c[n+]([O-])cc2Cl)c2ccc(OC(F)F)c(OCC3CC3)c2)cc1OC. The second-order valence-corrected chi connectivity index (χ2v) is 12.7. The van der Waals surface area contributed by atoms with Crippen LogP contribution in [0.1, 0.15) is 35.6 Å². The van der Waals surface area contributed by atoms with Gasteiger partial charge < -0.3 is 28.9 Å². The number of ether oxygens (including phenoxy) is 5. The van der Waals surface area contributed by atoms with E-state index in [4.69, 9.17) is 42.1 Å². The first kappa shape index (κ1) is 34.3. The molecular weight excluding hydrogens is 661 g/mol. The summed E-state index contributed by atoms with van der Waals surface area (Å²) in [6.45, 7) is -3.57. The predicted molar refractivity (Wildman–Crippen MR) is 159 cm³/mol. The monoisotopic (exact) mass is 690 g/mol. The summed E-state index contributed by atoms with van der Waals surface area (Å²) >= 11 is 12.5. The lowest BCUT2D eigenvalue weighted by molar-refractivity contribution is -0.605. The van der Waals surface area contributed by atoms with Gasteiger partial charge in [0, 0.05) is 12.0 Å². The largest absolute Gasteiger partial charge is 0.619 e. The number of nitrogens with zero attached hydrogens (tertiary/aromatic N) is 1. The standard InChI is InChI=1S/C29H30Cl2F2N2O9S/c1-40-23-7-5-18(9-26(23)41-2)16-45(38,39)34-12-28(36)43-25(11-20-21(30)13-35(37)14-22(20)31)19-6-8-24(44-29(32)33)27(10-19)42-15-17-3-4-17/h5-10,13-14,17,25,29,34H,3-4,11-12,15-16H2,1-2H3/t25-/m0/s1. The molecule has 0 unspecified atom stereocenters. The van der Waals surface area contributed by atoms with Crippen molar-refractivity contribution in [3.8, 4) is 23.0 Å². The van der Waals surface area contributed by atoms with E-state index in [1.807, 2.05) is 0 Å². The summed E-state index contributed by atoms with van der Waals surface area (Å²) in [5, 5.41) is 11.7. The van der Waals surface area contributed by atoms with E-state index >= 15 is 0 Å². The van der Waals surface area contributed by atoms with Crippen molar-refractivity contribution in [2.75, 3.05) is 27.4 Å². The summed E-state index contributed by atoms with van der Waals surface area (Å²) in [5.74, 6) is -0.620.